The van der Waals surface area contributed by atoms with Gasteiger partial charge < -0.3 is 9.88 Å². The van der Waals surface area contributed by atoms with Crippen LogP contribution in [0.4, 0.5) is 4.39 Å². The third kappa shape index (κ3) is 4.39. The number of rotatable bonds is 6. The molecule has 1 aliphatic rings. The Bertz CT molecular complexity index is 1450. The lowest BCUT2D eigenvalue weighted by molar-refractivity contribution is 0.0950. The lowest BCUT2D eigenvalue weighted by Crippen LogP contribution is -2.35. The topological polar surface area (TPSA) is 84.3 Å². The van der Waals surface area contributed by atoms with E-state index in [1.165, 1.54) is 33.7 Å². The summed E-state index contributed by atoms with van der Waals surface area (Å²) in [6, 6.07) is 12.6. The maximum absolute atomic E-state index is 14.5. The van der Waals surface area contributed by atoms with Crippen LogP contribution in [0.2, 0.25) is 0 Å². The number of imidazole rings is 1. The fourth-order valence-corrected chi connectivity index (χ4v) is 6.29. The van der Waals surface area contributed by atoms with Crippen molar-refractivity contribution in [3.8, 4) is 5.69 Å². The molecule has 0 saturated heterocycles. The Labute approximate surface area is 200 Å². The van der Waals surface area contributed by atoms with Gasteiger partial charge in [-0.3, -0.25) is 4.79 Å². The number of thiophene rings is 1. The van der Waals surface area contributed by atoms with E-state index in [0.717, 1.165) is 5.56 Å². The SMILES string of the molecule is O=C(NCc1ccc(-n2ccnc2)c(F)c1)c1cccc(S(=O)(=O)N2CCc3sccc3C2)c1. The van der Waals surface area contributed by atoms with Gasteiger partial charge in [-0.1, -0.05) is 12.1 Å². The first-order chi connectivity index (χ1) is 16.4. The minimum atomic E-state index is -3.74. The maximum Gasteiger partial charge on any atom is 0.251 e. The van der Waals surface area contributed by atoms with Crippen molar-refractivity contribution in [2.75, 3.05) is 6.54 Å². The largest absolute Gasteiger partial charge is 0.348 e. The third-order valence-corrected chi connectivity index (χ3v) is 8.62. The number of benzene rings is 2. The fourth-order valence-electron chi connectivity index (χ4n) is 3.93. The van der Waals surface area contributed by atoms with Crippen LogP contribution in [0.15, 0.2) is 77.5 Å². The van der Waals surface area contributed by atoms with Gasteiger partial charge in [0.25, 0.3) is 5.91 Å². The fraction of sp³-hybridized carbons (Fsp3) is 0.167. The molecular formula is C24H21FN4O3S2. The number of amides is 1. The molecule has 0 radical (unpaired) electrons. The highest BCUT2D eigenvalue weighted by atomic mass is 32.2. The molecule has 1 aliphatic heterocycles. The molecule has 174 valence electrons. The molecule has 1 amide bonds. The van der Waals surface area contributed by atoms with Gasteiger partial charge in [-0.15, -0.1) is 11.3 Å². The molecule has 10 heteroatoms. The number of hydrogen-bond donors (Lipinski definition) is 1. The van der Waals surface area contributed by atoms with Crippen LogP contribution in [-0.2, 0) is 29.5 Å². The minimum Gasteiger partial charge on any atom is -0.348 e. The number of nitrogens with one attached hydrogen (secondary N) is 1. The molecule has 4 aromatic rings. The summed E-state index contributed by atoms with van der Waals surface area (Å²) in [4.78, 5) is 17.9. The van der Waals surface area contributed by atoms with Gasteiger partial charge in [-0.05, 0) is 59.3 Å². The van der Waals surface area contributed by atoms with E-state index in [0.29, 0.717) is 30.8 Å². The zero-order valence-corrected chi connectivity index (χ0v) is 19.7. The molecule has 0 saturated carbocycles. The van der Waals surface area contributed by atoms with Crippen molar-refractivity contribution >= 4 is 27.3 Å². The number of aromatic nitrogens is 2. The van der Waals surface area contributed by atoms with Crippen molar-refractivity contribution in [2.45, 2.75) is 24.4 Å². The summed E-state index contributed by atoms with van der Waals surface area (Å²) in [6.45, 7) is 0.842. The monoisotopic (exact) mass is 496 g/mol. The first-order valence-electron chi connectivity index (χ1n) is 10.6. The summed E-state index contributed by atoms with van der Waals surface area (Å²) in [7, 11) is -3.74. The normalized spacial score (nSPS) is 14.0. The lowest BCUT2D eigenvalue weighted by Gasteiger charge is -2.26. The van der Waals surface area contributed by atoms with Crippen LogP contribution in [0, 0.1) is 5.82 Å². The van der Waals surface area contributed by atoms with E-state index in [1.54, 1.807) is 52.6 Å². The Kier molecular flexibility index (Phi) is 6.03. The molecule has 2 aromatic carbocycles. The molecule has 1 N–H and O–H groups in total. The lowest BCUT2D eigenvalue weighted by atomic mass is 10.1. The predicted octanol–water partition coefficient (Wildman–Crippen LogP) is 3.75. The molecule has 2 aromatic heterocycles. The Morgan fingerprint density at radius 2 is 2.06 bits per heavy atom. The zero-order valence-electron chi connectivity index (χ0n) is 18.0. The van der Waals surface area contributed by atoms with Gasteiger partial charge in [0.15, 0.2) is 0 Å². The smallest absolute Gasteiger partial charge is 0.251 e. The van der Waals surface area contributed by atoms with Crippen LogP contribution in [0.1, 0.15) is 26.4 Å². The highest BCUT2D eigenvalue weighted by Gasteiger charge is 2.29. The maximum atomic E-state index is 14.5. The Morgan fingerprint density at radius 3 is 2.85 bits per heavy atom. The van der Waals surface area contributed by atoms with Gasteiger partial charge in [-0.2, -0.15) is 4.31 Å². The second-order valence-corrected chi connectivity index (χ2v) is 10.9. The van der Waals surface area contributed by atoms with Crippen molar-refractivity contribution in [3.63, 3.8) is 0 Å². The Hall–Kier alpha value is -3.34. The van der Waals surface area contributed by atoms with Crippen molar-refractivity contribution in [2.24, 2.45) is 0 Å². The molecule has 5 rings (SSSR count). The first-order valence-corrected chi connectivity index (χ1v) is 12.9. The van der Waals surface area contributed by atoms with Crippen LogP contribution in [0.25, 0.3) is 5.69 Å². The zero-order chi connectivity index (χ0) is 23.7. The number of nitrogens with zero attached hydrogens (tertiary/aromatic N) is 3. The van der Waals surface area contributed by atoms with Crippen molar-refractivity contribution < 1.29 is 17.6 Å². The van der Waals surface area contributed by atoms with Gasteiger partial charge in [0.1, 0.15) is 5.82 Å². The molecule has 0 aliphatic carbocycles. The van der Waals surface area contributed by atoms with E-state index < -0.39 is 21.7 Å². The first kappa shape index (κ1) is 22.5. The van der Waals surface area contributed by atoms with Gasteiger partial charge in [0, 0.05) is 42.5 Å². The Morgan fingerprint density at radius 1 is 1.18 bits per heavy atom. The molecular weight excluding hydrogens is 475 g/mol. The Balaban J connectivity index is 1.28. The van der Waals surface area contributed by atoms with Crippen molar-refractivity contribution in [1.29, 1.82) is 0 Å². The second kappa shape index (κ2) is 9.13. The summed E-state index contributed by atoms with van der Waals surface area (Å²) in [5.74, 6) is -0.872. The quantitative estimate of drug-likeness (QED) is 0.441. The number of halogens is 1. The molecule has 7 nitrogen and oxygen atoms in total. The van der Waals surface area contributed by atoms with Crippen LogP contribution < -0.4 is 5.32 Å². The van der Waals surface area contributed by atoms with Gasteiger partial charge in [-0.25, -0.2) is 17.8 Å². The van der Waals surface area contributed by atoms with Crippen molar-refractivity contribution in [3.05, 3.63) is 100 Å². The third-order valence-electron chi connectivity index (χ3n) is 5.75. The number of hydrogen-bond acceptors (Lipinski definition) is 5. The van der Waals surface area contributed by atoms with E-state index >= 15 is 0 Å². The van der Waals surface area contributed by atoms with Gasteiger partial charge in [0.05, 0.1) is 16.9 Å². The predicted molar refractivity (Wildman–Crippen MR) is 127 cm³/mol. The van der Waals surface area contributed by atoms with E-state index in [9.17, 15) is 17.6 Å². The molecule has 0 unspecified atom stereocenters. The van der Waals surface area contributed by atoms with Crippen molar-refractivity contribution in [1.82, 2.24) is 19.2 Å². The van der Waals surface area contributed by atoms with E-state index in [2.05, 4.69) is 10.3 Å². The summed E-state index contributed by atoms with van der Waals surface area (Å²) in [6.07, 6.45) is 5.39. The average molecular weight is 497 g/mol. The molecule has 0 spiro atoms. The van der Waals surface area contributed by atoms with Crippen LogP contribution in [0.3, 0.4) is 0 Å². The second-order valence-electron chi connectivity index (χ2n) is 7.92. The summed E-state index contributed by atoms with van der Waals surface area (Å²) in [5, 5.41) is 4.71. The molecule has 3 heterocycles. The number of fused-ring (bicyclic) bond motifs is 1. The van der Waals surface area contributed by atoms with E-state index in [1.807, 2.05) is 11.4 Å². The van der Waals surface area contributed by atoms with Crippen LogP contribution >= 0.6 is 11.3 Å². The average Bonchev–Trinajstić information content (AvgIpc) is 3.54. The minimum absolute atomic E-state index is 0.0783. The molecule has 0 fully saturated rings. The summed E-state index contributed by atoms with van der Waals surface area (Å²) in [5.41, 5.74) is 2.20. The van der Waals surface area contributed by atoms with E-state index in [-0.39, 0.29) is 17.0 Å². The standard InChI is InChI=1S/C24H21FN4O3S2/c25-21-12-17(4-5-22(21)28-10-8-26-16-28)14-27-24(30)18-2-1-3-20(13-18)34(31,32)29-9-6-23-19(15-29)7-11-33-23/h1-5,7-8,10-13,16H,6,9,14-15H2,(H,27,30). The summed E-state index contributed by atoms with van der Waals surface area (Å²) < 4.78 is 43.8. The number of carbonyl (C=O) groups excluding carboxylic acids is 1. The summed E-state index contributed by atoms with van der Waals surface area (Å²) >= 11 is 1.64. The van der Waals surface area contributed by atoms with Crippen LogP contribution in [-0.4, -0.2) is 34.7 Å². The molecule has 34 heavy (non-hydrogen) atoms. The highest BCUT2D eigenvalue weighted by molar-refractivity contribution is 7.89. The molecule has 0 bridgehead atoms. The molecule has 0 atom stereocenters. The van der Waals surface area contributed by atoms with Gasteiger partial charge >= 0.3 is 0 Å². The van der Waals surface area contributed by atoms with Gasteiger partial charge in [0.2, 0.25) is 10.0 Å². The number of carbonyl (C=O) groups is 1. The van der Waals surface area contributed by atoms with Crippen LogP contribution in [0.5, 0.6) is 0 Å². The highest BCUT2D eigenvalue weighted by Crippen LogP contribution is 2.28. The number of sulfonamides is 1. The van der Waals surface area contributed by atoms with E-state index in [4.69, 9.17) is 0 Å².